The van der Waals surface area contributed by atoms with Gasteiger partial charge >= 0.3 is 0 Å². The molecular weight excluding hydrogens is 278 g/mol. The van der Waals surface area contributed by atoms with Crippen molar-refractivity contribution in [2.75, 3.05) is 13.6 Å². The Morgan fingerprint density at radius 3 is 2.82 bits per heavy atom. The molecule has 0 spiro atoms. The first-order chi connectivity index (χ1) is 8.24. The fraction of sp³-hybridized carbons (Fsp3) is 0.571. The first-order valence-corrected chi connectivity index (χ1v) is 7.20. The van der Waals surface area contributed by atoms with Crippen molar-refractivity contribution in [1.29, 1.82) is 0 Å². The molecule has 0 saturated carbocycles. The Morgan fingerprint density at radius 2 is 2.06 bits per heavy atom. The van der Waals surface area contributed by atoms with Crippen molar-refractivity contribution < 1.29 is 5.11 Å². The van der Waals surface area contributed by atoms with Gasteiger partial charge in [-0.25, -0.2) is 0 Å². The van der Waals surface area contributed by atoms with Crippen molar-refractivity contribution in [3.05, 3.63) is 27.2 Å². The summed E-state index contributed by atoms with van der Waals surface area (Å²) in [5, 5.41) is 13.3. The minimum atomic E-state index is 0.445. The van der Waals surface area contributed by atoms with E-state index in [-0.39, 0.29) is 0 Å². The van der Waals surface area contributed by atoms with Crippen LogP contribution in [-0.2, 0) is 19.3 Å². The van der Waals surface area contributed by atoms with Gasteiger partial charge in [0.05, 0.1) is 4.47 Å². The van der Waals surface area contributed by atoms with E-state index in [2.05, 4.69) is 27.3 Å². The van der Waals surface area contributed by atoms with Crippen molar-refractivity contribution in [2.24, 2.45) is 0 Å². The summed E-state index contributed by atoms with van der Waals surface area (Å²) in [5.41, 5.74) is 3.82. The molecule has 2 N–H and O–H groups in total. The van der Waals surface area contributed by atoms with E-state index in [9.17, 15) is 5.11 Å². The Bertz CT molecular complexity index is 404. The maximum absolute atomic E-state index is 10.2. The van der Waals surface area contributed by atoms with E-state index in [4.69, 9.17) is 0 Å². The Labute approximate surface area is 112 Å². The van der Waals surface area contributed by atoms with Crippen LogP contribution in [0.1, 0.15) is 36.0 Å². The van der Waals surface area contributed by atoms with Gasteiger partial charge in [0.1, 0.15) is 5.75 Å². The molecule has 3 heteroatoms. The van der Waals surface area contributed by atoms with Gasteiger partial charge in [-0.05, 0) is 78.3 Å². The van der Waals surface area contributed by atoms with Crippen LogP contribution >= 0.6 is 15.9 Å². The number of hydrogen-bond donors (Lipinski definition) is 2. The van der Waals surface area contributed by atoms with Gasteiger partial charge in [0.2, 0.25) is 0 Å². The molecule has 0 radical (unpaired) electrons. The molecule has 94 valence electrons. The Kier molecular flexibility index (Phi) is 4.46. The number of phenols is 1. The van der Waals surface area contributed by atoms with E-state index >= 15 is 0 Å². The third-order valence-electron chi connectivity index (χ3n) is 3.53. The minimum absolute atomic E-state index is 0.445. The average molecular weight is 298 g/mol. The summed E-state index contributed by atoms with van der Waals surface area (Å²) in [7, 11) is 1.94. The summed E-state index contributed by atoms with van der Waals surface area (Å²) in [6, 6.07) is 2.21. The zero-order chi connectivity index (χ0) is 12.3. The van der Waals surface area contributed by atoms with Crippen molar-refractivity contribution >= 4 is 15.9 Å². The zero-order valence-electron chi connectivity index (χ0n) is 10.4. The number of likely N-dealkylation sites (N-methyl/N-ethyl adjacent to an activating group) is 1. The molecule has 0 fully saturated rings. The minimum Gasteiger partial charge on any atom is -0.506 e. The van der Waals surface area contributed by atoms with Crippen molar-refractivity contribution in [2.45, 2.75) is 38.5 Å². The number of aromatic hydroxyl groups is 1. The molecule has 17 heavy (non-hydrogen) atoms. The second-order valence-electron chi connectivity index (χ2n) is 4.75. The van der Waals surface area contributed by atoms with Crippen LogP contribution in [0.4, 0.5) is 0 Å². The molecule has 0 atom stereocenters. The molecule has 1 aromatic carbocycles. The van der Waals surface area contributed by atoms with Crippen LogP contribution in [0, 0.1) is 0 Å². The van der Waals surface area contributed by atoms with Gasteiger partial charge in [-0.2, -0.15) is 0 Å². The molecule has 1 aliphatic carbocycles. The van der Waals surface area contributed by atoms with Gasteiger partial charge in [0, 0.05) is 0 Å². The summed E-state index contributed by atoms with van der Waals surface area (Å²) in [6.07, 6.45) is 6.94. The molecule has 0 heterocycles. The molecule has 0 bridgehead atoms. The summed E-state index contributed by atoms with van der Waals surface area (Å²) >= 11 is 3.57. The maximum Gasteiger partial charge on any atom is 0.133 e. The van der Waals surface area contributed by atoms with Gasteiger partial charge in [0.25, 0.3) is 0 Å². The number of rotatable bonds is 3. The lowest BCUT2D eigenvalue weighted by atomic mass is 9.97. The quantitative estimate of drug-likeness (QED) is 0.840. The highest BCUT2D eigenvalue weighted by molar-refractivity contribution is 9.10. The molecule has 0 amide bonds. The van der Waals surface area contributed by atoms with Gasteiger partial charge in [-0.1, -0.05) is 12.5 Å². The Balaban J connectivity index is 2.36. The Hall–Kier alpha value is -0.540. The van der Waals surface area contributed by atoms with Crippen LogP contribution in [0.2, 0.25) is 0 Å². The average Bonchev–Trinajstić information content (AvgIpc) is 2.57. The predicted octanol–water partition coefficient (Wildman–Crippen LogP) is 3.19. The van der Waals surface area contributed by atoms with Crippen molar-refractivity contribution in [1.82, 2.24) is 5.32 Å². The van der Waals surface area contributed by atoms with Crippen LogP contribution in [-0.4, -0.2) is 18.7 Å². The predicted molar refractivity (Wildman–Crippen MR) is 74.7 cm³/mol. The van der Waals surface area contributed by atoms with E-state index < -0.39 is 0 Å². The van der Waals surface area contributed by atoms with Crippen LogP contribution < -0.4 is 5.32 Å². The fourth-order valence-corrected chi connectivity index (χ4v) is 3.24. The summed E-state index contributed by atoms with van der Waals surface area (Å²) in [4.78, 5) is 0. The highest BCUT2D eigenvalue weighted by Crippen LogP contribution is 2.37. The van der Waals surface area contributed by atoms with Gasteiger partial charge in [-0.3, -0.25) is 0 Å². The second kappa shape index (κ2) is 5.87. The third-order valence-corrected chi connectivity index (χ3v) is 4.38. The molecule has 1 aliphatic rings. The van der Waals surface area contributed by atoms with Crippen LogP contribution in [0.25, 0.3) is 0 Å². The maximum atomic E-state index is 10.2. The van der Waals surface area contributed by atoms with Gasteiger partial charge in [-0.15, -0.1) is 0 Å². The van der Waals surface area contributed by atoms with Gasteiger partial charge in [0.15, 0.2) is 0 Å². The van der Waals surface area contributed by atoms with Crippen LogP contribution in [0.3, 0.4) is 0 Å². The summed E-state index contributed by atoms with van der Waals surface area (Å²) < 4.78 is 0.933. The molecular formula is C14H20BrNO. The number of aryl methyl sites for hydroxylation is 1. The summed E-state index contributed by atoms with van der Waals surface area (Å²) in [6.45, 7) is 0.902. The SMILES string of the molecule is CNCCc1cc2c(c(Br)c1O)CCCCC2. The standard InChI is InChI=1S/C14H20BrNO/c1-16-8-7-11-9-10-5-3-2-4-6-12(10)13(15)14(11)17/h9,16-17H,2-8H2,1H3. The van der Waals surface area contributed by atoms with Crippen LogP contribution in [0.15, 0.2) is 10.5 Å². The normalized spacial score (nSPS) is 15.4. The summed E-state index contributed by atoms with van der Waals surface area (Å²) in [5.74, 6) is 0.445. The molecule has 0 unspecified atom stereocenters. The number of hydrogen-bond acceptors (Lipinski definition) is 2. The lowest BCUT2D eigenvalue weighted by molar-refractivity contribution is 0.462. The number of fused-ring (bicyclic) bond motifs is 1. The highest BCUT2D eigenvalue weighted by atomic mass is 79.9. The number of benzene rings is 1. The van der Waals surface area contributed by atoms with Crippen LogP contribution in [0.5, 0.6) is 5.75 Å². The molecule has 2 rings (SSSR count). The van der Waals surface area contributed by atoms with E-state index in [0.29, 0.717) is 5.75 Å². The molecule has 1 aromatic rings. The third kappa shape index (κ3) is 2.83. The second-order valence-corrected chi connectivity index (χ2v) is 5.54. The lowest BCUT2D eigenvalue weighted by Crippen LogP contribution is -2.11. The number of phenolic OH excluding ortho intramolecular Hbond substituents is 1. The smallest absolute Gasteiger partial charge is 0.133 e. The van der Waals surface area contributed by atoms with Gasteiger partial charge < -0.3 is 10.4 Å². The molecule has 2 nitrogen and oxygen atoms in total. The molecule has 0 aliphatic heterocycles. The van der Waals surface area contributed by atoms with E-state index in [1.54, 1.807) is 0 Å². The molecule has 0 saturated heterocycles. The van der Waals surface area contributed by atoms with E-state index in [1.165, 1.54) is 30.4 Å². The van der Waals surface area contributed by atoms with E-state index in [0.717, 1.165) is 35.8 Å². The Morgan fingerprint density at radius 1 is 1.29 bits per heavy atom. The first kappa shape index (κ1) is 12.9. The van der Waals surface area contributed by atoms with Crippen molar-refractivity contribution in [3.8, 4) is 5.75 Å². The largest absolute Gasteiger partial charge is 0.506 e. The first-order valence-electron chi connectivity index (χ1n) is 6.40. The zero-order valence-corrected chi connectivity index (χ0v) is 11.9. The van der Waals surface area contributed by atoms with Crippen molar-refractivity contribution in [3.63, 3.8) is 0 Å². The van der Waals surface area contributed by atoms with E-state index in [1.807, 2.05) is 7.05 Å². The number of nitrogens with one attached hydrogen (secondary N) is 1. The lowest BCUT2D eigenvalue weighted by Gasteiger charge is -2.14. The topological polar surface area (TPSA) is 32.3 Å². The monoisotopic (exact) mass is 297 g/mol. The fourth-order valence-electron chi connectivity index (χ4n) is 2.53. The number of halogens is 1. The highest BCUT2D eigenvalue weighted by Gasteiger charge is 2.17. The molecule has 0 aromatic heterocycles.